The minimum Gasteiger partial charge on any atom is -0.496 e. The molecule has 0 radical (unpaired) electrons. The molecule has 0 aromatic heterocycles. The molecule has 3 atom stereocenters. The molecule has 0 aromatic carbocycles. The Kier molecular flexibility index (Phi) is 12.2. The first kappa shape index (κ1) is 24.0. The Morgan fingerprint density at radius 1 is 0.867 bits per heavy atom. The highest BCUT2D eigenvalue weighted by molar-refractivity contribution is 4.95. The highest BCUT2D eigenvalue weighted by Crippen LogP contribution is 2.19. The molecule has 2 fully saturated rings. The van der Waals surface area contributed by atoms with Crippen LogP contribution in [0.4, 0.5) is 0 Å². The van der Waals surface area contributed by atoms with Gasteiger partial charge in [0.15, 0.2) is 12.6 Å². The Morgan fingerprint density at radius 2 is 1.67 bits per heavy atom. The summed E-state index contributed by atoms with van der Waals surface area (Å²) in [4.78, 5) is 0. The van der Waals surface area contributed by atoms with E-state index in [1.807, 2.05) is 0 Å². The molecule has 3 aliphatic heterocycles. The van der Waals surface area contributed by atoms with Gasteiger partial charge in [-0.25, -0.2) is 0 Å². The van der Waals surface area contributed by atoms with Gasteiger partial charge in [0.25, 0.3) is 0 Å². The van der Waals surface area contributed by atoms with Crippen molar-refractivity contribution in [3.63, 3.8) is 0 Å². The maximum atomic E-state index is 6.24. The molecule has 3 aliphatic rings. The summed E-state index contributed by atoms with van der Waals surface area (Å²) in [6.07, 6.45) is 16.8. The van der Waals surface area contributed by atoms with Gasteiger partial charge in [0.2, 0.25) is 0 Å². The van der Waals surface area contributed by atoms with E-state index in [-0.39, 0.29) is 18.7 Å². The lowest BCUT2D eigenvalue weighted by Gasteiger charge is -2.28. The summed E-state index contributed by atoms with van der Waals surface area (Å²) >= 11 is 0. The molecule has 0 amide bonds. The molecule has 2 saturated heterocycles. The van der Waals surface area contributed by atoms with Crippen LogP contribution >= 0.6 is 0 Å². The zero-order valence-electron chi connectivity index (χ0n) is 18.7. The number of rotatable bonds is 14. The van der Waals surface area contributed by atoms with Crippen LogP contribution in [0.5, 0.6) is 0 Å². The van der Waals surface area contributed by atoms with Crippen molar-refractivity contribution in [1.29, 1.82) is 0 Å². The lowest BCUT2D eigenvalue weighted by atomic mass is 10.1. The van der Waals surface area contributed by atoms with E-state index in [1.165, 1.54) is 32.1 Å². The van der Waals surface area contributed by atoms with Crippen LogP contribution < -0.4 is 0 Å². The molecule has 0 N–H and O–H groups in total. The largest absolute Gasteiger partial charge is 0.496 e. The van der Waals surface area contributed by atoms with Gasteiger partial charge in [0.1, 0.15) is 12.4 Å². The Balaban J connectivity index is 1.27. The maximum Gasteiger partial charge on any atom is 0.158 e. The molecule has 0 aromatic rings. The van der Waals surface area contributed by atoms with Crippen LogP contribution in [-0.2, 0) is 28.4 Å². The average molecular weight is 427 g/mol. The first-order valence-electron chi connectivity index (χ1n) is 12.3. The van der Waals surface area contributed by atoms with Crippen LogP contribution in [0.15, 0.2) is 11.8 Å². The second-order valence-corrected chi connectivity index (χ2v) is 8.60. The summed E-state index contributed by atoms with van der Waals surface area (Å²) < 4.78 is 35.0. The van der Waals surface area contributed by atoms with Crippen molar-refractivity contribution in [3.8, 4) is 0 Å². The highest BCUT2D eigenvalue weighted by atomic mass is 16.7. The minimum atomic E-state index is -0.0682. The van der Waals surface area contributed by atoms with Crippen LogP contribution in [0.3, 0.4) is 0 Å². The van der Waals surface area contributed by atoms with Gasteiger partial charge in [-0.05, 0) is 70.3 Å². The Bertz CT molecular complexity index is 457. The van der Waals surface area contributed by atoms with E-state index in [1.54, 1.807) is 0 Å². The van der Waals surface area contributed by atoms with Gasteiger partial charge in [-0.15, -0.1) is 0 Å². The van der Waals surface area contributed by atoms with Gasteiger partial charge >= 0.3 is 0 Å². The van der Waals surface area contributed by atoms with Gasteiger partial charge in [0.05, 0.1) is 19.3 Å². The molecule has 0 saturated carbocycles. The van der Waals surface area contributed by atoms with Gasteiger partial charge < -0.3 is 28.4 Å². The molecule has 3 heterocycles. The van der Waals surface area contributed by atoms with Crippen LogP contribution in [0.1, 0.15) is 83.5 Å². The van der Waals surface area contributed by atoms with Crippen molar-refractivity contribution in [3.05, 3.63) is 11.8 Å². The van der Waals surface area contributed by atoms with Crippen LogP contribution in [0.2, 0.25) is 0 Å². The van der Waals surface area contributed by atoms with E-state index >= 15 is 0 Å². The normalized spacial score (nSPS) is 26.1. The zero-order chi connectivity index (χ0) is 20.7. The van der Waals surface area contributed by atoms with E-state index in [4.69, 9.17) is 28.4 Å². The highest BCUT2D eigenvalue weighted by Gasteiger charge is 2.20. The topological polar surface area (TPSA) is 55.4 Å². The van der Waals surface area contributed by atoms with E-state index < -0.39 is 0 Å². The van der Waals surface area contributed by atoms with Crippen LogP contribution in [0, 0.1) is 0 Å². The predicted molar refractivity (Wildman–Crippen MR) is 115 cm³/mol. The quantitative estimate of drug-likeness (QED) is 0.360. The van der Waals surface area contributed by atoms with Crippen molar-refractivity contribution in [1.82, 2.24) is 0 Å². The van der Waals surface area contributed by atoms with Crippen molar-refractivity contribution >= 4 is 0 Å². The molecule has 0 bridgehead atoms. The summed E-state index contributed by atoms with van der Waals surface area (Å²) in [7, 11) is 0. The molecule has 6 heteroatoms. The summed E-state index contributed by atoms with van der Waals surface area (Å²) in [6, 6.07) is 0. The average Bonchev–Trinajstić information content (AvgIpc) is 2.80. The summed E-state index contributed by atoms with van der Waals surface area (Å²) in [5, 5.41) is 0. The first-order chi connectivity index (χ1) is 14.9. The van der Waals surface area contributed by atoms with E-state index in [0.29, 0.717) is 13.2 Å². The number of hydrogen-bond donors (Lipinski definition) is 0. The fourth-order valence-electron chi connectivity index (χ4n) is 4.11. The third kappa shape index (κ3) is 10.1. The molecule has 6 nitrogen and oxygen atoms in total. The number of unbranched alkanes of at least 4 members (excludes halogenated alkanes) is 3. The van der Waals surface area contributed by atoms with Gasteiger partial charge in [-0.1, -0.05) is 19.3 Å². The van der Waals surface area contributed by atoms with E-state index in [0.717, 1.165) is 83.6 Å². The van der Waals surface area contributed by atoms with Crippen molar-refractivity contribution in [2.24, 2.45) is 0 Å². The predicted octanol–water partition coefficient (Wildman–Crippen LogP) is 5.10. The van der Waals surface area contributed by atoms with Gasteiger partial charge in [-0.3, -0.25) is 0 Å². The number of ether oxygens (including phenoxy) is 6. The Hall–Kier alpha value is -0.660. The molecule has 30 heavy (non-hydrogen) atoms. The molecular weight excluding hydrogens is 384 g/mol. The molecule has 0 spiro atoms. The zero-order valence-corrected chi connectivity index (χ0v) is 18.7. The molecule has 3 unspecified atom stereocenters. The minimum absolute atomic E-state index is 0.0347. The fraction of sp³-hybridized carbons (Fsp3) is 0.917. The van der Waals surface area contributed by atoms with Crippen molar-refractivity contribution in [2.75, 3.05) is 39.6 Å². The van der Waals surface area contributed by atoms with Crippen molar-refractivity contribution in [2.45, 2.75) is 102 Å². The standard InChI is InChI=1S/C24H42O6/c1(2-7-16-27-23-13-5-9-17-28-23)3-12-22(30-24-14-6-10-18-29-24)20-25-19-21-11-4-8-15-26-21/h11,22-24H,1-10,12-20H2. The Morgan fingerprint density at radius 3 is 2.40 bits per heavy atom. The lowest BCUT2D eigenvalue weighted by molar-refractivity contribution is -0.199. The molecular formula is C24H42O6. The first-order valence-corrected chi connectivity index (χ1v) is 12.3. The molecule has 3 rings (SSSR count). The molecule has 0 aliphatic carbocycles. The summed E-state index contributed by atoms with van der Waals surface area (Å²) in [6.45, 7) is 4.42. The third-order valence-electron chi connectivity index (χ3n) is 5.90. The smallest absolute Gasteiger partial charge is 0.158 e. The van der Waals surface area contributed by atoms with Gasteiger partial charge in [-0.2, -0.15) is 0 Å². The van der Waals surface area contributed by atoms with Crippen LogP contribution in [-0.4, -0.2) is 58.3 Å². The second-order valence-electron chi connectivity index (χ2n) is 8.60. The van der Waals surface area contributed by atoms with E-state index in [2.05, 4.69) is 6.08 Å². The third-order valence-corrected chi connectivity index (χ3v) is 5.90. The van der Waals surface area contributed by atoms with Crippen LogP contribution in [0.25, 0.3) is 0 Å². The fourth-order valence-corrected chi connectivity index (χ4v) is 4.11. The van der Waals surface area contributed by atoms with Crippen molar-refractivity contribution < 1.29 is 28.4 Å². The Labute approximate surface area is 182 Å². The summed E-state index contributed by atoms with van der Waals surface area (Å²) in [5.41, 5.74) is 0. The SMILES string of the molecule is C1=C(COCC(CCCCCCOC2CCCCO2)OC2CCCCO2)OCCC1. The monoisotopic (exact) mass is 426 g/mol. The summed E-state index contributed by atoms with van der Waals surface area (Å²) in [5.74, 6) is 0.968. The van der Waals surface area contributed by atoms with Gasteiger partial charge in [0, 0.05) is 19.8 Å². The maximum absolute atomic E-state index is 6.24. The molecule has 174 valence electrons. The van der Waals surface area contributed by atoms with E-state index in [9.17, 15) is 0 Å². The number of allylic oxidation sites excluding steroid dienone is 1. The number of hydrogen-bond acceptors (Lipinski definition) is 6. The second kappa shape index (κ2) is 15.2. The lowest BCUT2D eigenvalue weighted by Crippen LogP contribution is -2.31.